The average molecular weight is 376 g/mol. The molecule has 4 aromatic carbocycles. The Morgan fingerprint density at radius 1 is 0.852 bits per heavy atom. The highest BCUT2D eigenvalue weighted by Crippen LogP contribution is 2.40. The Hall–Kier alpha value is -3.18. The zero-order valence-electron chi connectivity index (χ0n) is 14.5. The maximum atomic E-state index is 12.3. The molecule has 0 fully saturated rings. The van der Waals surface area contributed by atoms with E-state index in [1.165, 1.54) is 11.8 Å². The first-order chi connectivity index (χ1) is 13.2. The van der Waals surface area contributed by atoms with E-state index in [2.05, 4.69) is 0 Å². The van der Waals surface area contributed by atoms with E-state index in [1.807, 2.05) is 48.7 Å². The summed E-state index contributed by atoms with van der Waals surface area (Å²) < 4.78 is 10.8. The molecule has 0 unspecified atom stereocenters. The van der Waals surface area contributed by atoms with Gasteiger partial charge in [0.25, 0.3) is 0 Å². The molecule has 4 nitrogen and oxygen atoms in total. The summed E-state index contributed by atoms with van der Waals surface area (Å²) in [5.41, 5.74) is 0. The molecule has 5 heteroatoms. The van der Waals surface area contributed by atoms with Crippen molar-refractivity contribution in [1.82, 2.24) is 0 Å². The predicted octanol–water partition coefficient (Wildman–Crippen LogP) is 6.00. The summed E-state index contributed by atoms with van der Waals surface area (Å²) in [5.74, 6) is 0.929. The fourth-order valence-corrected chi connectivity index (χ4v) is 3.51. The monoisotopic (exact) mass is 376 g/mol. The van der Waals surface area contributed by atoms with E-state index >= 15 is 0 Å². The minimum atomic E-state index is -0.826. The summed E-state index contributed by atoms with van der Waals surface area (Å²) in [4.78, 5) is 13.0. The van der Waals surface area contributed by atoms with Crippen LogP contribution in [0.4, 0.5) is 4.79 Å². The summed E-state index contributed by atoms with van der Waals surface area (Å²) in [6.07, 6.45) is 1.02. The van der Waals surface area contributed by atoms with Gasteiger partial charge in [0.1, 0.15) is 17.2 Å². The van der Waals surface area contributed by atoms with E-state index in [9.17, 15) is 9.90 Å². The number of fused-ring (bicyclic) bond motifs is 2. The summed E-state index contributed by atoms with van der Waals surface area (Å²) >= 11 is 1.37. The molecule has 0 aliphatic heterocycles. The first kappa shape index (κ1) is 17.2. The largest absolute Gasteiger partial charge is 0.519 e. The molecule has 134 valence electrons. The topological polar surface area (TPSA) is 55.8 Å². The molecule has 1 N–H and O–H groups in total. The van der Waals surface area contributed by atoms with Crippen molar-refractivity contribution in [2.24, 2.45) is 0 Å². The van der Waals surface area contributed by atoms with E-state index < -0.39 is 6.16 Å². The lowest BCUT2D eigenvalue weighted by Gasteiger charge is -2.12. The van der Waals surface area contributed by atoms with Crippen LogP contribution in [-0.2, 0) is 0 Å². The number of hydrogen-bond donors (Lipinski definition) is 1. The quantitative estimate of drug-likeness (QED) is 0.270. The second-order valence-electron chi connectivity index (χ2n) is 5.93. The number of thioether (sulfide) groups is 1. The third-order valence-electron chi connectivity index (χ3n) is 4.28. The molecule has 0 aliphatic carbocycles. The number of phenols is 1. The molecule has 0 amide bonds. The van der Waals surface area contributed by atoms with E-state index in [4.69, 9.17) is 9.47 Å². The Morgan fingerprint density at radius 3 is 2.33 bits per heavy atom. The van der Waals surface area contributed by atoms with Crippen LogP contribution >= 0.6 is 11.8 Å². The Kier molecular flexibility index (Phi) is 4.60. The highest BCUT2D eigenvalue weighted by molar-refractivity contribution is 7.98. The van der Waals surface area contributed by atoms with E-state index in [1.54, 1.807) is 30.3 Å². The van der Waals surface area contributed by atoms with Crippen molar-refractivity contribution in [3.8, 4) is 17.2 Å². The number of benzene rings is 4. The van der Waals surface area contributed by atoms with Crippen LogP contribution in [0.3, 0.4) is 0 Å². The van der Waals surface area contributed by atoms with Crippen LogP contribution in [0.5, 0.6) is 17.2 Å². The Labute approximate surface area is 160 Å². The summed E-state index contributed by atoms with van der Waals surface area (Å²) in [6.45, 7) is 0. The second kappa shape index (κ2) is 7.21. The molecular weight excluding hydrogens is 360 g/mol. The van der Waals surface area contributed by atoms with Crippen LogP contribution in [-0.4, -0.2) is 17.5 Å². The van der Waals surface area contributed by atoms with Gasteiger partial charge in [-0.15, -0.1) is 11.8 Å². The standard InChI is InChI=1S/C22H16O4S/c1-27-20-13-19(17-8-4-5-9-18(17)21(20)23)26-22(24)25-16-11-10-14-6-2-3-7-15(14)12-16/h2-13,23H,1H3. The van der Waals surface area contributed by atoms with Crippen LogP contribution in [0.1, 0.15) is 0 Å². The van der Waals surface area contributed by atoms with Gasteiger partial charge in [0, 0.05) is 10.8 Å². The van der Waals surface area contributed by atoms with Crippen LogP contribution in [0, 0.1) is 0 Å². The molecule has 0 aromatic heterocycles. The Morgan fingerprint density at radius 2 is 1.56 bits per heavy atom. The molecule has 4 rings (SSSR count). The highest BCUT2D eigenvalue weighted by atomic mass is 32.2. The van der Waals surface area contributed by atoms with E-state index in [-0.39, 0.29) is 5.75 Å². The lowest BCUT2D eigenvalue weighted by atomic mass is 10.1. The summed E-state index contributed by atoms with van der Waals surface area (Å²) in [6, 6.07) is 22.1. The van der Waals surface area contributed by atoms with Crippen LogP contribution in [0.2, 0.25) is 0 Å². The molecule has 4 aromatic rings. The van der Waals surface area contributed by atoms with Crippen molar-refractivity contribution in [3.63, 3.8) is 0 Å². The zero-order chi connectivity index (χ0) is 18.8. The smallest absolute Gasteiger partial charge is 0.506 e. The van der Waals surface area contributed by atoms with E-state index in [0.717, 1.165) is 10.8 Å². The Balaban J connectivity index is 1.63. The maximum absolute atomic E-state index is 12.3. The third kappa shape index (κ3) is 3.41. The molecule has 0 bridgehead atoms. The zero-order valence-corrected chi connectivity index (χ0v) is 15.3. The molecule has 0 radical (unpaired) electrons. The van der Waals surface area contributed by atoms with Gasteiger partial charge in [0.2, 0.25) is 0 Å². The van der Waals surface area contributed by atoms with Crippen molar-refractivity contribution in [2.75, 3.05) is 6.26 Å². The van der Waals surface area contributed by atoms with Crippen molar-refractivity contribution in [3.05, 3.63) is 72.8 Å². The summed E-state index contributed by atoms with van der Waals surface area (Å²) in [5, 5.41) is 13.7. The molecule has 0 spiro atoms. The SMILES string of the molecule is CSc1cc(OC(=O)Oc2ccc3ccccc3c2)c2ccccc2c1O. The highest BCUT2D eigenvalue weighted by Gasteiger charge is 2.16. The number of rotatable bonds is 3. The molecule has 0 saturated heterocycles. The second-order valence-corrected chi connectivity index (χ2v) is 6.78. The van der Waals surface area contributed by atoms with Crippen molar-refractivity contribution < 1.29 is 19.4 Å². The normalized spacial score (nSPS) is 10.9. The van der Waals surface area contributed by atoms with Gasteiger partial charge in [-0.3, -0.25) is 0 Å². The number of carbonyl (C=O) groups is 1. The van der Waals surface area contributed by atoms with Crippen molar-refractivity contribution in [2.45, 2.75) is 4.90 Å². The lowest BCUT2D eigenvalue weighted by Crippen LogP contribution is -2.14. The predicted molar refractivity (Wildman–Crippen MR) is 108 cm³/mol. The number of carbonyl (C=O) groups excluding carboxylic acids is 1. The van der Waals surface area contributed by atoms with Crippen LogP contribution in [0.15, 0.2) is 77.7 Å². The van der Waals surface area contributed by atoms with Gasteiger partial charge in [-0.1, -0.05) is 54.6 Å². The fourth-order valence-electron chi connectivity index (χ4n) is 2.98. The molecule has 0 saturated carbocycles. The molecule has 0 aliphatic rings. The van der Waals surface area contributed by atoms with Gasteiger partial charge in [0.05, 0.1) is 4.90 Å². The Bertz CT molecular complexity index is 1150. The fraction of sp³-hybridized carbons (Fsp3) is 0.0455. The van der Waals surface area contributed by atoms with Gasteiger partial charge in [-0.05, 0) is 35.2 Å². The van der Waals surface area contributed by atoms with Gasteiger partial charge in [0.15, 0.2) is 0 Å². The minimum Gasteiger partial charge on any atom is -0.506 e. The van der Waals surface area contributed by atoms with Crippen LogP contribution in [0.25, 0.3) is 21.5 Å². The number of phenolic OH excluding ortho intramolecular Hbond substituents is 1. The number of aromatic hydroxyl groups is 1. The summed E-state index contributed by atoms with van der Waals surface area (Å²) in [7, 11) is 0. The van der Waals surface area contributed by atoms with Gasteiger partial charge < -0.3 is 14.6 Å². The molecule has 0 heterocycles. The molecule has 27 heavy (non-hydrogen) atoms. The number of ether oxygens (including phenoxy) is 2. The number of hydrogen-bond acceptors (Lipinski definition) is 5. The van der Waals surface area contributed by atoms with Gasteiger partial charge in [-0.2, -0.15) is 0 Å². The first-order valence-electron chi connectivity index (χ1n) is 8.33. The third-order valence-corrected chi connectivity index (χ3v) is 5.03. The lowest BCUT2D eigenvalue weighted by molar-refractivity contribution is 0.152. The minimum absolute atomic E-state index is 0.174. The van der Waals surface area contributed by atoms with Gasteiger partial charge in [-0.25, -0.2) is 4.79 Å². The molecular formula is C22H16O4S. The van der Waals surface area contributed by atoms with Crippen molar-refractivity contribution >= 4 is 39.5 Å². The maximum Gasteiger partial charge on any atom is 0.519 e. The average Bonchev–Trinajstić information content (AvgIpc) is 2.70. The van der Waals surface area contributed by atoms with Crippen molar-refractivity contribution in [1.29, 1.82) is 0 Å². The van der Waals surface area contributed by atoms with E-state index in [0.29, 0.717) is 27.2 Å². The molecule has 0 atom stereocenters. The first-order valence-corrected chi connectivity index (χ1v) is 9.55. The van der Waals surface area contributed by atoms with Gasteiger partial charge >= 0.3 is 6.16 Å². The van der Waals surface area contributed by atoms with Crippen LogP contribution < -0.4 is 9.47 Å².